The van der Waals surface area contributed by atoms with Gasteiger partial charge < -0.3 is 10.2 Å². The van der Waals surface area contributed by atoms with Crippen LogP contribution in [0.2, 0.25) is 0 Å². The van der Waals surface area contributed by atoms with Gasteiger partial charge in [0, 0.05) is 29.0 Å². The number of halogens is 1. The number of nitrogens with one attached hydrogen (secondary N) is 1. The summed E-state index contributed by atoms with van der Waals surface area (Å²) < 4.78 is 1.11. The minimum absolute atomic E-state index is 0.348. The molecule has 1 heterocycles. The van der Waals surface area contributed by atoms with Gasteiger partial charge >= 0.3 is 0 Å². The fourth-order valence-corrected chi connectivity index (χ4v) is 3.60. The summed E-state index contributed by atoms with van der Waals surface area (Å²) in [4.78, 5) is 8.20. The molecule has 3 nitrogen and oxygen atoms in total. The number of thiazole rings is 1. The number of aromatic nitrogens is 1. The van der Waals surface area contributed by atoms with Gasteiger partial charge in [-0.3, -0.25) is 0 Å². The number of rotatable bonds is 5. The van der Waals surface area contributed by atoms with Gasteiger partial charge in [0.25, 0.3) is 0 Å². The van der Waals surface area contributed by atoms with E-state index in [9.17, 15) is 0 Å². The van der Waals surface area contributed by atoms with Crippen molar-refractivity contribution in [1.82, 2.24) is 10.3 Å². The lowest BCUT2D eigenvalue weighted by Gasteiger charge is -2.16. The Morgan fingerprint density at radius 1 is 1.45 bits per heavy atom. The Balaban J connectivity index is 2.15. The first kappa shape index (κ1) is 15.5. The Labute approximate surface area is 133 Å². The van der Waals surface area contributed by atoms with Crippen LogP contribution in [0.5, 0.6) is 0 Å². The normalized spacial score (nSPS) is 12.4. The van der Waals surface area contributed by atoms with E-state index in [1.165, 1.54) is 10.4 Å². The summed E-state index contributed by atoms with van der Waals surface area (Å²) in [6.45, 7) is 5.11. The molecule has 1 atom stereocenters. The summed E-state index contributed by atoms with van der Waals surface area (Å²) in [5.41, 5.74) is 2.39. The summed E-state index contributed by atoms with van der Waals surface area (Å²) in [5.74, 6) is 0. The molecule has 0 aliphatic carbocycles. The summed E-state index contributed by atoms with van der Waals surface area (Å²) in [5, 5.41) is 4.35. The SMILES string of the molecule is CNC(C)c1sc(N(C)Cc2cccc(Br)c2)nc1C. The van der Waals surface area contributed by atoms with Gasteiger partial charge in [0.1, 0.15) is 0 Å². The third kappa shape index (κ3) is 3.59. The van der Waals surface area contributed by atoms with E-state index in [4.69, 9.17) is 4.98 Å². The molecule has 0 aliphatic rings. The van der Waals surface area contributed by atoms with Gasteiger partial charge in [-0.25, -0.2) is 4.98 Å². The van der Waals surface area contributed by atoms with Gasteiger partial charge in [0.2, 0.25) is 0 Å². The van der Waals surface area contributed by atoms with Crippen LogP contribution in [-0.4, -0.2) is 19.1 Å². The Morgan fingerprint density at radius 3 is 2.85 bits per heavy atom. The average molecular weight is 354 g/mol. The van der Waals surface area contributed by atoms with Crippen molar-refractivity contribution >= 4 is 32.4 Å². The second-order valence-electron chi connectivity index (χ2n) is 4.94. The highest BCUT2D eigenvalue weighted by Crippen LogP contribution is 2.30. The fourth-order valence-electron chi connectivity index (χ4n) is 2.07. The van der Waals surface area contributed by atoms with Crippen molar-refractivity contribution in [2.24, 2.45) is 0 Å². The maximum atomic E-state index is 4.69. The Kier molecular flexibility index (Phi) is 5.18. The van der Waals surface area contributed by atoms with Gasteiger partial charge in [-0.1, -0.05) is 28.1 Å². The molecule has 0 saturated heterocycles. The second-order valence-corrected chi connectivity index (χ2v) is 6.87. The standard InChI is InChI=1S/C15H20BrN3S/c1-10(17-3)14-11(2)18-15(20-14)19(4)9-12-6-5-7-13(16)8-12/h5-8,10,17H,9H2,1-4H3. The largest absolute Gasteiger partial charge is 0.347 e. The van der Waals surface area contributed by atoms with Gasteiger partial charge in [-0.05, 0) is 38.6 Å². The minimum atomic E-state index is 0.348. The topological polar surface area (TPSA) is 28.2 Å². The van der Waals surface area contributed by atoms with Crippen LogP contribution < -0.4 is 10.2 Å². The predicted octanol–water partition coefficient (Wildman–Crippen LogP) is 4.13. The first-order chi connectivity index (χ1) is 9.51. The molecule has 1 unspecified atom stereocenters. The molecule has 0 fully saturated rings. The Morgan fingerprint density at radius 2 is 2.20 bits per heavy atom. The molecule has 0 spiro atoms. The highest BCUT2D eigenvalue weighted by molar-refractivity contribution is 9.10. The highest BCUT2D eigenvalue weighted by atomic mass is 79.9. The Hall–Kier alpha value is -0.910. The van der Waals surface area contributed by atoms with E-state index in [0.717, 1.165) is 21.8 Å². The molecular formula is C15H20BrN3S. The molecule has 1 aromatic heterocycles. The maximum absolute atomic E-state index is 4.69. The minimum Gasteiger partial charge on any atom is -0.347 e. The average Bonchev–Trinajstić information content (AvgIpc) is 2.80. The van der Waals surface area contributed by atoms with E-state index in [0.29, 0.717) is 6.04 Å². The molecule has 1 aromatic carbocycles. The number of nitrogens with zero attached hydrogens (tertiary/aromatic N) is 2. The van der Waals surface area contributed by atoms with E-state index in [-0.39, 0.29) is 0 Å². The van der Waals surface area contributed by atoms with Gasteiger partial charge in [-0.15, -0.1) is 11.3 Å². The van der Waals surface area contributed by atoms with Crippen LogP contribution in [0.4, 0.5) is 5.13 Å². The van der Waals surface area contributed by atoms with Crippen LogP contribution in [0.1, 0.15) is 29.1 Å². The summed E-state index contributed by atoms with van der Waals surface area (Å²) in [6, 6.07) is 8.74. The number of anilines is 1. The van der Waals surface area contributed by atoms with Crippen LogP contribution in [0.15, 0.2) is 28.7 Å². The van der Waals surface area contributed by atoms with E-state index in [1.54, 1.807) is 11.3 Å². The molecule has 2 rings (SSSR count). The van der Waals surface area contributed by atoms with Crippen LogP contribution in [0.3, 0.4) is 0 Å². The van der Waals surface area contributed by atoms with Gasteiger partial charge in [0.05, 0.1) is 5.69 Å². The van der Waals surface area contributed by atoms with Crippen LogP contribution in [0, 0.1) is 6.92 Å². The highest BCUT2D eigenvalue weighted by Gasteiger charge is 2.15. The number of hydrogen-bond acceptors (Lipinski definition) is 4. The van der Waals surface area contributed by atoms with Crippen molar-refractivity contribution in [1.29, 1.82) is 0 Å². The zero-order valence-electron chi connectivity index (χ0n) is 12.3. The van der Waals surface area contributed by atoms with E-state index >= 15 is 0 Å². The smallest absolute Gasteiger partial charge is 0.185 e. The number of aryl methyl sites for hydroxylation is 1. The van der Waals surface area contributed by atoms with Crippen LogP contribution >= 0.6 is 27.3 Å². The molecular weight excluding hydrogens is 334 g/mol. The third-order valence-electron chi connectivity index (χ3n) is 3.28. The molecule has 5 heteroatoms. The third-order valence-corrected chi connectivity index (χ3v) is 5.23. The monoisotopic (exact) mass is 353 g/mol. The fraction of sp³-hybridized carbons (Fsp3) is 0.400. The molecule has 0 bridgehead atoms. The lowest BCUT2D eigenvalue weighted by Crippen LogP contribution is -2.16. The van der Waals surface area contributed by atoms with Crippen molar-refractivity contribution in [3.63, 3.8) is 0 Å². The zero-order chi connectivity index (χ0) is 14.7. The van der Waals surface area contributed by atoms with E-state index in [1.807, 2.05) is 13.1 Å². The van der Waals surface area contributed by atoms with E-state index < -0.39 is 0 Å². The first-order valence-electron chi connectivity index (χ1n) is 6.61. The molecule has 2 aromatic rings. The molecule has 0 saturated carbocycles. The second kappa shape index (κ2) is 6.70. The maximum Gasteiger partial charge on any atom is 0.185 e. The summed E-state index contributed by atoms with van der Waals surface area (Å²) >= 11 is 5.28. The quantitative estimate of drug-likeness (QED) is 0.875. The lowest BCUT2D eigenvalue weighted by molar-refractivity contribution is 0.658. The summed E-state index contributed by atoms with van der Waals surface area (Å²) in [7, 11) is 4.07. The van der Waals surface area contributed by atoms with Crippen LogP contribution in [0.25, 0.3) is 0 Å². The van der Waals surface area contributed by atoms with Crippen molar-refractivity contribution in [3.8, 4) is 0 Å². The molecule has 1 N–H and O–H groups in total. The van der Waals surface area contributed by atoms with Gasteiger partial charge in [0.15, 0.2) is 5.13 Å². The van der Waals surface area contributed by atoms with Crippen molar-refractivity contribution in [2.45, 2.75) is 26.4 Å². The Bertz CT molecular complexity index is 582. The number of hydrogen-bond donors (Lipinski definition) is 1. The molecule has 0 aliphatic heterocycles. The van der Waals surface area contributed by atoms with Crippen LogP contribution in [-0.2, 0) is 6.54 Å². The van der Waals surface area contributed by atoms with Crippen molar-refractivity contribution < 1.29 is 0 Å². The van der Waals surface area contributed by atoms with E-state index in [2.05, 4.69) is 65.2 Å². The van der Waals surface area contributed by atoms with Crippen molar-refractivity contribution in [3.05, 3.63) is 44.9 Å². The molecule has 20 heavy (non-hydrogen) atoms. The first-order valence-corrected chi connectivity index (χ1v) is 8.22. The predicted molar refractivity (Wildman–Crippen MR) is 90.6 cm³/mol. The zero-order valence-corrected chi connectivity index (χ0v) is 14.7. The lowest BCUT2D eigenvalue weighted by atomic mass is 10.2. The summed E-state index contributed by atoms with van der Waals surface area (Å²) in [6.07, 6.45) is 0. The number of benzene rings is 1. The van der Waals surface area contributed by atoms with Crippen molar-refractivity contribution in [2.75, 3.05) is 19.0 Å². The molecule has 0 amide bonds. The van der Waals surface area contributed by atoms with Gasteiger partial charge in [-0.2, -0.15) is 0 Å². The molecule has 108 valence electrons. The molecule has 0 radical (unpaired) electrons.